The number of esters is 1. The van der Waals surface area contributed by atoms with Crippen molar-refractivity contribution >= 4 is 5.97 Å². The zero-order valence-electron chi connectivity index (χ0n) is 22.9. The van der Waals surface area contributed by atoms with Crippen LogP contribution in [0.1, 0.15) is 167 Å². The molecule has 200 valence electrons. The lowest BCUT2D eigenvalue weighted by atomic mass is 10.0. The monoisotopic (exact) mass is 478 g/mol. The van der Waals surface area contributed by atoms with E-state index in [-0.39, 0.29) is 18.6 Å². The van der Waals surface area contributed by atoms with Crippen molar-refractivity contribution in [2.45, 2.75) is 174 Å². The lowest BCUT2D eigenvalue weighted by Crippen LogP contribution is -2.20. The van der Waals surface area contributed by atoms with Crippen LogP contribution in [-0.2, 0) is 9.53 Å². The number of nitrogens with zero attached hydrogens (tertiary/aromatic N) is 2. The van der Waals surface area contributed by atoms with Crippen molar-refractivity contribution in [1.82, 2.24) is 0 Å². The van der Waals surface area contributed by atoms with Crippen LogP contribution < -0.4 is 0 Å². The Labute approximate surface area is 212 Å². The zero-order valence-corrected chi connectivity index (χ0v) is 22.9. The Morgan fingerprint density at radius 3 is 1.47 bits per heavy atom. The van der Waals surface area contributed by atoms with Gasteiger partial charge in [0, 0.05) is 0 Å². The quantitative estimate of drug-likeness (QED) is 0.119. The second kappa shape index (κ2) is 25.2. The van der Waals surface area contributed by atoms with Crippen LogP contribution in [0, 0.1) is 0 Å². The maximum Gasteiger partial charge on any atom is 0.329 e. The third-order valence-corrected chi connectivity index (χ3v) is 7.26. The highest BCUT2D eigenvalue weighted by atomic mass is 16.5. The molecule has 0 N–H and O–H groups in total. The summed E-state index contributed by atoms with van der Waals surface area (Å²) in [5, 5.41) is 8.31. The van der Waals surface area contributed by atoms with Crippen molar-refractivity contribution in [3.63, 3.8) is 0 Å². The largest absolute Gasteiger partial charge is 0.461 e. The first-order chi connectivity index (χ1) is 16.8. The Morgan fingerprint density at radius 2 is 1.00 bits per heavy atom. The maximum absolute atomic E-state index is 12.2. The average molecular weight is 479 g/mol. The highest BCUT2D eigenvalue weighted by Gasteiger charge is 2.14. The van der Waals surface area contributed by atoms with E-state index in [1.165, 1.54) is 141 Å². The second-order valence-corrected chi connectivity index (χ2v) is 10.6. The Balaban J connectivity index is 1.97. The molecular weight excluding hydrogens is 420 g/mol. The van der Waals surface area contributed by atoms with Gasteiger partial charge in [-0.05, 0) is 32.1 Å². The van der Waals surface area contributed by atoms with Gasteiger partial charge in [0.25, 0.3) is 0 Å². The van der Waals surface area contributed by atoms with Crippen LogP contribution in [0.3, 0.4) is 0 Å². The number of carbonyl (C=O) groups is 1. The first kappa shape index (κ1) is 31.1. The van der Waals surface area contributed by atoms with Crippen LogP contribution in [0.4, 0.5) is 0 Å². The maximum atomic E-state index is 12.2. The third kappa shape index (κ3) is 21.6. The summed E-state index contributed by atoms with van der Waals surface area (Å²) >= 11 is 0. The molecule has 4 heteroatoms. The fourth-order valence-electron chi connectivity index (χ4n) is 5.02. The summed E-state index contributed by atoms with van der Waals surface area (Å²) < 4.78 is 5.76. The van der Waals surface area contributed by atoms with Crippen molar-refractivity contribution in [3.8, 4) is 0 Å². The number of hydrogen-bond donors (Lipinski definition) is 0. The molecule has 0 saturated heterocycles. The molecular formula is C30H58N2O2. The van der Waals surface area contributed by atoms with Crippen molar-refractivity contribution < 1.29 is 9.53 Å². The first-order valence-electron chi connectivity index (χ1n) is 15.4. The number of hydrogen-bond acceptors (Lipinski definition) is 4. The van der Waals surface area contributed by atoms with Crippen LogP contribution in [0.15, 0.2) is 10.2 Å². The smallest absolute Gasteiger partial charge is 0.329 e. The Morgan fingerprint density at radius 1 is 0.588 bits per heavy atom. The zero-order chi connectivity index (χ0) is 24.4. The van der Waals surface area contributed by atoms with E-state index in [9.17, 15) is 4.79 Å². The topological polar surface area (TPSA) is 51.0 Å². The molecule has 0 amide bonds. The average Bonchev–Trinajstić information content (AvgIpc) is 2.86. The molecule has 1 aliphatic carbocycles. The number of ether oxygens (including phenoxy) is 1. The second-order valence-electron chi connectivity index (χ2n) is 10.6. The lowest BCUT2D eigenvalue weighted by molar-refractivity contribution is -0.148. The Kier molecular flexibility index (Phi) is 23.0. The Hall–Kier alpha value is -0.930. The molecule has 0 unspecified atom stereocenters. The van der Waals surface area contributed by atoms with Gasteiger partial charge in [0.2, 0.25) is 0 Å². The number of azo groups is 1. The molecule has 1 saturated carbocycles. The van der Waals surface area contributed by atoms with Crippen molar-refractivity contribution in [3.05, 3.63) is 0 Å². The summed E-state index contributed by atoms with van der Waals surface area (Å²) in [7, 11) is 0. The standard InChI is InChI=1S/C30H58N2O2/c1-2-3-4-5-6-7-8-9-12-15-18-21-24-27-31-32-28-30(33)34-29-25-22-19-16-13-10-11-14-17-20-23-26-29/h29H,2-28H2,1H3/b32-31+. The van der Waals surface area contributed by atoms with Crippen LogP contribution in [-0.4, -0.2) is 25.2 Å². The van der Waals surface area contributed by atoms with Gasteiger partial charge in [-0.1, -0.05) is 135 Å². The highest BCUT2D eigenvalue weighted by molar-refractivity contribution is 5.71. The molecule has 0 spiro atoms. The summed E-state index contributed by atoms with van der Waals surface area (Å²) in [6.45, 7) is 3.12. The van der Waals surface area contributed by atoms with Gasteiger partial charge in [0.05, 0.1) is 6.54 Å². The van der Waals surface area contributed by atoms with Crippen molar-refractivity contribution in [1.29, 1.82) is 0 Å². The number of carbonyl (C=O) groups excluding carboxylic acids is 1. The predicted octanol–water partition coefficient (Wildman–Crippen LogP) is 10.1. The number of unbranched alkanes of at least 4 members (excludes halogenated alkanes) is 12. The summed E-state index contributed by atoms with van der Waals surface area (Å²) in [6.07, 6.45) is 32.8. The first-order valence-corrected chi connectivity index (χ1v) is 15.4. The molecule has 1 rings (SSSR count). The minimum absolute atomic E-state index is 0.0875. The fraction of sp³-hybridized carbons (Fsp3) is 0.967. The lowest BCUT2D eigenvalue weighted by Gasteiger charge is -2.17. The van der Waals surface area contributed by atoms with Crippen LogP contribution >= 0.6 is 0 Å². The molecule has 0 heterocycles. The van der Waals surface area contributed by atoms with Gasteiger partial charge in [0.15, 0.2) is 6.54 Å². The SMILES string of the molecule is CCCCCCCCCCCCCCC/N=N/CC(=O)OC1CCCCCCCCCCCC1. The van der Waals surface area contributed by atoms with E-state index in [0.29, 0.717) is 0 Å². The third-order valence-electron chi connectivity index (χ3n) is 7.26. The van der Waals surface area contributed by atoms with Gasteiger partial charge in [-0.25, -0.2) is 4.79 Å². The van der Waals surface area contributed by atoms with E-state index in [1.54, 1.807) is 0 Å². The van der Waals surface area contributed by atoms with Crippen LogP contribution in [0.2, 0.25) is 0 Å². The van der Waals surface area contributed by atoms with Gasteiger partial charge >= 0.3 is 5.97 Å². The summed E-state index contributed by atoms with van der Waals surface area (Å²) in [4.78, 5) is 12.2. The molecule has 1 fully saturated rings. The molecule has 0 aromatic rings. The molecule has 0 atom stereocenters. The summed E-state index contributed by atoms with van der Waals surface area (Å²) in [5.74, 6) is -0.191. The van der Waals surface area contributed by atoms with E-state index >= 15 is 0 Å². The molecule has 0 aliphatic heterocycles. The van der Waals surface area contributed by atoms with Gasteiger partial charge in [-0.2, -0.15) is 10.2 Å². The van der Waals surface area contributed by atoms with Crippen molar-refractivity contribution in [2.75, 3.05) is 13.1 Å². The molecule has 34 heavy (non-hydrogen) atoms. The van der Waals surface area contributed by atoms with E-state index in [2.05, 4.69) is 17.2 Å². The van der Waals surface area contributed by atoms with Crippen LogP contribution in [0.5, 0.6) is 0 Å². The predicted molar refractivity (Wildman–Crippen MR) is 146 cm³/mol. The number of rotatable bonds is 17. The molecule has 0 bridgehead atoms. The van der Waals surface area contributed by atoms with E-state index < -0.39 is 0 Å². The minimum atomic E-state index is -0.191. The molecule has 0 radical (unpaired) electrons. The summed E-state index contributed by atoms with van der Waals surface area (Å²) in [5.41, 5.74) is 0. The summed E-state index contributed by atoms with van der Waals surface area (Å²) in [6, 6.07) is 0. The van der Waals surface area contributed by atoms with Crippen LogP contribution in [0.25, 0.3) is 0 Å². The Bertz CT molecular complexity index is 453. The van der Waals surface area contributed by atoms with Gasteiger partial charge in [0.1, 0.15) is 6.10 Å². The van der Waals surface area contributed by atoms with Gasteiger partial charge in [-0.15, -0.1) is 0 Å². The molecule has 1 aliphatic rings. The molecule has 0 aromatic heterocycles. The normalized spacial score (nSPS) is 17.2. The van der Waals surface area contributed by atoms with E-state index in [4.69, 9.17) is 4.74 Å². The van der Waals surface area contributed by atoms with E-state index in [1.807, 2.05) is 0 Å². The van der Waals surface area contributed by atoms with Gasteiger partial charge < -0.3 is 4.74 Å². The minimum Gasteiger partial charge on any atom is -0.461 e. The molecule has 4 nitrogen and oxygen atoms in total. The van der Waals surface area contributed by atoms with E-state index in [0.717, 1.165) is 25.8 Å². The molecule has 0 aromatic carbocycles. The fourth-order valence-corrected chi connectivity index (χ4v) is 5.02. The highest BCUT2D eigenvalue weighted by Crippen LogP contribution is 2.19. The van der Waals surface area contributed by atoms with Crippen molar-refractivity contribution in [2.24, 2.45) is 10.2 Å². The van der Waals surface area contributed by atoms with Gasteiger partial charge in [-0.3, -0.25) is 0 Å².